The first-order valence-corrected chi connectivity index (χ1v) is 16.7. The average Bonchev–Trinajstić information content (AvgIpc) is 3.47. The van der Waals surface area contributed by atoms with Gasteiger partial charge < -0.3 is 9.88 Å². The molecule has 2 N–H and O–H groups in total. The predicted octanol–water partition coefficient (Wildman–Crippen LogP) is 6.09. The van der Waals surface area contributed by atoms with E-state index in [1.807, 2.05) is 24.3 Å². The molecular formula is C39H41N5O3. The molecule has 7 rings (SSSR count). The molecule has 2 saturated heterocycles. The molecule has 0 bridgehead atoms. The zero-order valence-electron chi connectivity index (χ0n) is 27.6. The fourth-order valence-corrected chi connectivity index (χ4v) is 8.04. The number of hydrogen-bond donors (Lipinski definition) is 2. The highest BCUT2D eigenvalue weighted by Gasteiger charge is 2.41. The van der Waals surface area contributed by atoms with Gasteiger partial charge in [-0.3, -0.25) is 24.6 Å². The number of fused-ring (bicyclic) bond motifs is 4. The zero-order valence-corrected chi connectivity index (χ0v) is 27.6. The molecule has 3 aromatic carbocycles. The molecule has 3 heterocycles. The van der Waals surface area contributed by atoms with Crippen molar-refractivity contribution in [2.75, 3.05) is 25.0 Å². The van der Waals surface area contributed by atoms with Crippen LogP contribution in [0.15, 0.2) is 54.6 Å². The van der Waals surface area contributed by atoms with Crippen LogP contribution in [0.4, 0.5) is 5.69 Å². The zero-order chi connectivity index (χ0) is 33.0. The summed E-state index contributed by atoms with van der Waals surface area (Å²) < 4.78 is 0. The minimum Gasteiger partial charge on any atom is -0.371 e. The Morgan fingerprint density at radius 2 is 1.81 bits per heavy atom. The monoisotopic (exact) mass is 627 g/mol. The van der Waals surface area contributed by atoms with Gasteiger partial charge in [-0.05, 0) is 79.3 Å². The number of H-pyrrole nitrogens is 1. The summed E-state index contributed by atoms with van der Waals surface area (Å²) >= 11 is 0. The van der Waals surface area contributed by atoms with Gasteiger partial charge in [-0.25, -0.2) is 0 Å². The lowest BCUT2D eigenvalue weighted by atomic mass is 9.70. The summed E-state index contributed by atoms with van der Waals surface area (Å²) in [5.74, 6) is -0.610. The largest absolute Gasteiger partial charge is 0.371 e. The number of aryl methyl sites for hydroxylation is 1. The fourth-order valence-electron chi connectivity index (χ4n) is 8.04. The van der Waals surface area contributed by atoms with E-state index in [0.29, 0.717) is 24.4 Å². The first-order chi connectivity index (χ1) is 22.6. The number of rotatable bonds is 6. The third-order valence-electron chi connectivity index (χ3n) is 10.8. The van der Waals surface area contributed by atoms with Gasteiger partial charge in [0.25, 0.3) is 0 Å². The van der Waals surface area contributed by atoms with Crippen LogP contribution in [-0.4, -0.2) is 53.7 Å². The molecule has 1 aromatic heterocycles. The molecule has 47 heavy (non-hydrogen) atoms. The Labute approximate surface area is 275 Å². The van der Waals surface area contributed by atoms with E-state index in [1.165, 1.54) is 16.8 Å². The summed E-state index contributed by atoms with van der Waals surface area (Å²) in [6.45, 7) is 9.19. The highest BCUT2D eigenvalue weighted by molar-refractivity contribution is 6.20. The number of hydrogen-bond acceptors (Lipinski definition) is 6. The van der Waals surface area contributed by atoms with Gasteiger partial charge >= 0.3 is 0 Å². The van der Waals surface area contributed by atoms with Gasteiger partial charge in [0.05, 0.1) is 23.1 Å². The number of imide groups is 1. The molecule has 0 radical (unpaired) electrons. The summed E-state index contributed by atoms with van der Waals surface area (Å²) in [6.07, 6.45) is 3.83. The molecule has 4 aromatic rings. The number of amides is 2. The third-order valence-corrected chi connectivity index (χ3v) is 10.8. The van der Waals surface area contributed by atoms with Crippen molar-refractivity contribution in [1.29, 1.82) is 5.26 Å². The summed E-state index contributed by atoms with van der Waals surface area (Å²) in [5, 5.41) is 12.8. The number of nitrogens with one attached hydrogen (secondary N) is 2. The minimum atomic E-state index is -0.410. The van der Waals surface area contributed by atoms with Gasteiger partial charge in [0.2, 0.25) is 11.8 Å². The first kappa shape index (κ1) is 30.9. The van der Waals surface area contributed by atoms with Crippen LogP contribution in [0.3, 0.4) is 0 Å². The van der Waals surface area contributed by atoms with E-state index in [-0.39, 0.29) is 23.5 Å². The van der Waals surface area contributed by atoms with Gasteiger partial charge in [-0.2, -0.15) is 5.26 Å². The lowest BCUT2D eigenvalue weighted by molar-refractivity contribution is -0.134. The van der Waals surface area contributed by atoms with Crippen molar-refractivity contribution in [1.82, 2.24) is 15.2 Å². The van der Waals surface area contributed by atoms with Crippen LogP contribution in [0, 0.1) is 11.3 Å². The smallest absolute Gasteiger partial charge is 0.234 e. The van der Waals surface area contributed by atoms with Gasteiger partial charge in [-0.15, -0.1) is 0 Å². The number of carbonyl (C=O) groups excluding carboxylic acids is 3. The second-order valence-electron chi connectivity index (χ2n) is 14.0. The molecule has 1 unspecified atom stereocenters. The van der Waals surface area contributed by atoms with E-state index in [9.17, 15) is 19.6 Å². The van der Waals surface area contributed by atoms with Crippen LogP contribution in [0.25, 0.3) is 10.9 Å². The lowest BCUT2D eigenvalue weighted by Gasteiger charge is -2.40. The number of aromatic amines is 1. The van der Waals surface area contributed by atoms with Crippen molar-refractivity contribution in [3.05, 3.63) is 99.2 Å². The van der Waals surface area contributed by atoms with Gasteiger partial charge in [-0.1, -0.05) is 51.1 Å². The van der Waals surface area contributed by atoms with Crippen LogP contribution >= 0.6 is 0 Å². The molecule has 0 saturated carbocycles. The number of nitriles is 1. The Morgan fingerprint density at radius 3 is 2.53 bits per heavy atom. The summed E-state index contributed by atoms with van der Waals surface area (Å²) in [5.41, 5.74) is 9.02. The molecule has 3 aliphatic rings. The SMILES string of the molecule is CCc1cc2c(cc1N1CCC(N(C)Cc3cccc(C4CCC(=O)NC4=O)c3)CC1)C(C)(C)c1[nH]c3cc(C#N)ccc3c1C2=O. The summed E-state index contributed by atoms with van der Waals surface area (Å²) in [4.78, 5) is 46.6. The molecule has 240 valence electrons. The van der Waals surface area contributed by atoms with Crippen molar-refractivity contribution in [3.8, 4) is 6.07 Å². The average molecular weight is 628 g/mol. The van der Waals surface area contributed by atoms with E-state index in [2.05, 4.69) is 78.3 Å². The summed E-state index contributed by atoms with van der Waals surface area (Å²) in [6, 6.07) is 20.8. The third kappa shape index (κ3) is 5.33. The maximum absolute atomic E-state index is 14.1. The molecular weight excluding hydrogens is 586 g/mol. The van der Waals surface area contributed by atoms with Crippen molar-refractivity contribution < 1.29 is 14.4 Å². The molecule has 1 aliphatic carbocycles. The van der Waals surface area contributed by atoms with E-state index >= 15 is 0 Å². The summed E-state index contributed by atoms with van der Waals surface area (Å²) in [7, 11) is 2.18. The normalized spacial score (nSPS) is 19.4. The van der Waals surface area contributed by atoms with Crippen LogP contribution in [0.2, 0.25) is 0 Å². The van der Waals surface area contributed by atoms with Crippen molar-refractivity contribution in [2.24, 2.45) is 0 Å². The van der Waals surface area contributed by atoms with E-state index in [0.717, 1.165) is 77.7 Å². The number of nitrogens with zero attached hydrogens (tertiary/aromatic N) is 3. The second kappa shape index (κ2) is 11.8. The molecule has 0 spiro atoms. The number of ketones is 1. The van der Waals surface area contributed by atoms with E-state index in [1.54, 1.807) is 6.07 Å². The Kier molecular flexibility index (Phi) is 7.76. The van der Waals surface area contributed by atoms with Crippen LogP contribution in [0.5, 0.6) is 0 Å². The topological polar surface area (TPSA) is 109 Å². The highest BCUT2D eigenvalue weighted by atomic mass is 16.2. The van der Waals surface area contributed by atoms with E-state index < -0.39 is 5.41 Å². The maximum atomic E-state index is 14.1. The molecule has 8 heteroatoms. The number of anilines is 1. The number of piperidine rings is 2. The Hall–Kier alpha value is -4.74. The standard InChI is InChI=1S/C39H41N5O3/c1-5-25-19-30-31(39(2,3)37-35(36(30)46)29-10-9-23(21-40)18-32(29)41-37)20-33(25)44-15-13-27(14-16-44)43(4)22-24-7-6-8-26(17-24)28-11-12-34(45)42-38(28)47/h6-10,17-20,27-28,41H,5,11-16,22H2,1-4H3,(H,42,45,47). The Balaban J connectivity index is 1.09. The second-order valence-corrected chi connectivity index (χ2v) is 14.0. The number of aromatic nitrogens is 1. The van der Waals surface area contributed by atoms with Crippen LogP contribution in [0.1, 0.15) is 102 Å². The van der Waals surface area contributed by atoms with Gasteiger partial charge in [0.1, 0.15) is 0 Å². The molecule has 8 nitrogen and oxygen atoms in total. The fraction of sp³-hybridized carbons (Fsp3) is 0.385. The predicted molar refractivity (Wildman–Crippen MR) is 183 cm³/mol. The highest BCUT2D eigenvalue weighted by Crippen LogP contribution is 2.46. The van der Waals surface area contributed by atoms with Gasteiger partial charge in [0.15, 0.2) is 5.78 Å². The number of carbonyl (C=O) groups is 3. The molecule has 2 amide bonds. The first-order valence-electron chi connectivity index (χ1n) is 16.7. The molecule has 2 fully saturated rings. The van der Waals surface area contributed by atoms with Gasteiger partial charge in [0, 0.05) is 65.4 Å². The van der Waals surface area contributed by atoms with Crippen LogP contribution in [-0.2, 0) is 28.0 Å². The number of benzene rings is 3. The van der Waals surface area contributed by atoms with Crippen molar-refractivity contribution in [3.63, 3.8) is 0 Å². The van der Waals surface area contributed by atoms with Crippen LogP contribution < -0.4 is 10.2 Å². The maximum Gasteiger partial charge on any atom is 0.234 e. The van der Waals surface area contributed by atoms with Crippen molar-refractivity contribution >= 4 is 34.2 Å². The Bertz CT molecular complexity index is 1970. The lowest BCUT2D eigenvalue weighted by Crippen LogP contribution is -2.43. The quantitative estimate of drug-likeness (QED) is 0.250. The minimum absolute atomic E-state index is 0.0496. The Morgan fingerprint density at radius 1 is 1.02 bits per heavy atom. The molecule has 2 aliphatic heterocycles. The van der Waals surface area contributed by atoms with E-state index in [4.69, 9.17) is 0 Å². The van der Waals surface area contributed by atoms with Crippen molar-refractivity contribution in [2.45, 2.75) is 76.8 Å². The molecule has 1 atom stereocenters.